The zero-order valence-electron chi connectivity index (χ0n) is 9.47. The van der Waals surface area contributed by atoms with E-state index in [1.54, 1.807) is 0 Å². The Balaban J connectivity index is 1.79. The lowest BCUT2D eigenvalue weighted by Crippen LogP contribution is -2.05. The second-order valence-electron chi connectivity index (χ2n) is 3.53. The minimum Gasteiger partial charge on any atom is -0.360 e. The van der Waals surface area contributed by atoms with Crippen molar-refractivity contribution in [2.75, 3.05) is 11.9 Å². The molecule has 6 heteroatoms. The maximum atomic E-state index is 4.34. The van der Waals surface area contributed by atoms with E-state index in [1.807, 2.05) is 24.0 Å². The Morgan fingerprint density at radius 3 is 3.00 bits per heavy atom. The van der Waals surface area contributed by atoms with Gasteiger partial charge in [-0.05, 0) is 6.07 Å². The predicted octanol–water partition coefficient (Wildman–Crippen LogP) is 1.49. The van der Waals surface area contributed by atoms with Gasteiger partial charge in [0, 0.05) is 44.2 Å². The van der Waals surface area contributed by atoms with Crippen LogP contribution in [0.15, 0.2) is 12.3 Å². The van der Waals surface area contributed by atoms with Crippen LogP contribution in [0, 0.1) is 0 Å². The topological polar surface area (TPSA) is 55.6 Å². The first-order valence-corrected chi connectivity index (χ1v) is 6.10. The number of nitrogens with one attached hydrogen (secondary N) is 1. The Morgan fingerprint density at radius 2 is 2.38 bits per heavy atom. The lowest BCUT2D eigenvalue weighted by molar-refractivity contribution is 0.742. The average Bonchev–Trinajstić information content (AvgIpc) is 2.88. The molecule has 0 spiro atoms. The number of hydrogen-bond acceptors (Lipinski definition) is 5. The van der Waals surface area contributed by atoms with Crippen molar-refractivity contribution >= 4 is 16.7 Å². The van der Waals surface area contributed by atoms with Gasteiger partial charge in [0.15, 0.2) is 0 Å². The van der Waals surface area contributed by atoms with E-state index in [0.29, 0.717) is 0 Å². The van der Waals surface area contributed by atoms with Gasteiger partial charge >= 0.3 is 0 Å². The average molecular weight is 237 g/mol. The minimum absolute atomic E-state index is 0.843. The van der Waals surface area contributed by atoms with Crippen molar-refractivity contribution in [3.8, 4) is 0 Å². The first kappa shape index (κ1) is 11.1. The standard InChI is InChI=1S/C10H15N5S/c1-3-9-12-10(16-14-9)11-6-4-8-5-7-15(2)13-8/h5,7H,3-4,6H2,1-2H3,(H,11,12,14). The highest BCUT2D eigenvalue weighted by molar-refractivity contribution is 7.09. The van der Waals surface area contributed by atoms with E-state index in [9.17, 15) is 0 Å². The largest absolute Gasteiger partial charge is 0.360 e. The van der Waals surface area contributed by atoms with Crippen molar-refractivity contribution < 1.29 is 0 Å². The highest BCUT2D eigenvalue weighted by Gasteiger charge is 2.01. The summed E-state index contributed by atoms with van der Waals surface area (Å²) < 4.78 is 6.03. The molecule has 0 saturated heterocycles. The Hall–Kier alpha value is -1.43. The summed E-state index contributed by atoms with van der Waals surface area (Å²) in [6, 6.07) is 2.03. The monoisotopic (exact) mass is 237 g/mol. The molecule has 5 nitrogen and oxygen atoms in total. The third-order valence-electron chi connectivity index (χ3n) is 2.21. The molecule has 16 heavy (non-hydrogen) atoms. The zero-order valence-corrected chi connectivity index (χ0v) is 10.3. The normalized spacial score (nSPS) is 10.6. The number of aromatic nitrogens is 4. The third-order valence-corrected chi connectivity index (χ3v) is 2.92. The van der Waals surface area contributed by atoms with E-state index in [-0.39, 0.29) is 0 Å². The van der Waals surface area contributed by atoms with Crippen LogP contribution in [-0.2, 0) is 19.9 Å². The van der Waals surface area contributed by atoms with Crippen LogP contribution in [-0.4, -0.2) is 25.7 Å². The quantitative estimate of drug-likeness (QED) is 0.856. The molecule has 0 amide bonds. The number of aryl methyl sites for hydroxylation is 2. The SMILES string of the molecule is CCc1nsc(NCCc2ccn(C)n2)n1. The smallest absolute Gasteiger partial charge is 0.202 e. The van der Waals surface area contributed by atoms with Crippen molar-refractivity contribution in [3.05, 3.63) is 23.8 Å². The van der Waals surface area contributed by atoms with Crippen LogP contribution in [0.2, 0.25) is 0 Å². The maximum absolute atomic E-state index is 4.34. The van der Waals surface area contributed by atoms with Crippen molar-refractivity contribution in [1.29, 1.82) is 0 Å². The van der Waals surface area contributed by atoms with Gasteiger partial charge in [-0.3, -0.25) is 4.68 Å². The summed E-state index contributed by atoms with van der Waals surface area (Å²) in [6.07, 6.45) is 3.75. The molecule has 0 radical (unpaired) electrons. The van der Waals surface area contributed by atoms with E-state index >= 15 is 0 Å². The molecule has 0 atom stereocenters. The maximum Gasteiger partial charge on any atom is 0.202 e. The molecular weight excluding hydrogens is 222 g/mol. The Labute approximate surface area is 98.7 Å². The van der Waals surface area contributed by atoms with Crippen LogP contribution in [0.4, 0.5) is 5.13 Å². The third kappa shape index (κ3) is 2.79. The van der Waals surface area contributed by atoms with Gasteiger partial charge in [-0.15, -0.1) is 0 Å². The van der Waals surface area contributed by atoms with Gasteiger partial charge in [-0.25, -0.2) is 4.98 Å². The fourth-order valence-electron chi connectivity index (χ4n) is 1.36. The highest BCUT2D eigenvalue weighted by Crippen LogP contribution is 2.10. The fourth-order valence-corrected chi connectivity index (χ4v) is 2.04. The Morgan fingerprint density at radius 1 is 1.50 bits per heavy atom. The Bertz CT molecular complexity index is 448. The molecule has 2 heterocycles. The molecule has 0 aliphatic carbocycles. The lowest BCUT2D eigenvalue weighted by atomic mass is 10.3. The molecule has 2 aromatic rings. The second-order valence-corrected chi connectivity index (χ2v) is 4.28. The lowest BCUT2D eigenvalue weighted by Gasteiger charge is -1.98. The molecule has 0 unspecified atom stereocenters. The van der Waals surface area contributed by atoms with Gasteiger partial charge in [-0.1, -0.05) is 6.92 Å². The predicted molar refractivity (Wildman–Crippen MR) is 64.7 cm³/mol. The van der Waals surface area contributed by atoms with Crippen LogP contribution in [0.3, 0.4) is 0 Å². The van der Waals surface area contributed by atoms with Crippen LogP contribution in [0.25, 0.3) is 0 Å². The fraction of sp³-hybridized carbons (Fsp3) is 0.500. The van der Waals surface area contributed by atoms with Crippen molar-refractivity contribution in [2.24, 2.45) is 7.05 Å². The molecule has 86 valence electrons. The molecule has 1 N–H and O–H groups in total. The van der Waals surface area contributed by atoms with E-state index < -0.39 is 0 Å². The van der Waals surface area contributed by atoms with Gasteiger partial charge in [-0.2, -0.15) is 9.47 Å². The summed E-state index contributed by atoms with van der Waals surface area (Å²) in [6.45, 7) is 2.90. The summed E-state index contributed by atoms with van der Waals surface area (Å²) in [4.78, 5) is 4.34. The number of hydrogen-bond donors (Lipinski definition) is 1. The van der Waals surface area contributed by atoms with Crippen molar-refractivity contribution in [2.45, 2.75) is 19.8 Å². The molecule has 2 rings (SSSR count). The van der Waals surface area contributed by atoms with Crippen LogP contribution < -0.4 is 5.32 Å². The molecule has 2 aromatic heterocycles. The number of rotatable bonds is 5. The van der Waals surface area contributed by atoms with Crippen LogP contribution >= 0.6 is 11.5 Å². The van der Waals surface area contributed by atoms with Gasteiger partial charge in [0.2, 0.25) is 5.13 Å². The van der Waals surface area contributed by atoms with E-state index in [4.69, 9.17) is 0 Å². The summed E-state index contributed by atoms with van der Waals surface area (Å²) >= 11 is 1.42. The number of nitrogens with zero attached hydrogens (tertiary/aromatic N) is 4. The first-order chi connectivity index (χ1) is 7.78. The molecule has 0 fully saturated rings. The summed E-state index contributed by atoms with van der Waals surface area (Å²) in [5.41, 5.74) is 1.09. The summed E-state index contributed by atoms with van der Waals surface area (Å²) in [7, 11) is 1.93. The molecular formula is C10H15N5S. The molecule has 0 bridgehead atoms. The highest BCUT2D eigenvalue weighted by atomic mass is 32.1. The molecule has 0 saturated carbocycles. The molecule has 0 aliphatic heterocycles. The van der Waals surface area contributed by atoms with Crippen LogP contribution in [0.1, 0.15) is 18.4 Å². The van der Waals surface area contributed by atoms with Gasteiger partial charge in [0.05, 0.1) is 5.69 Å². The summed E-state index contributed by atoms with van der Waals surface area (Å²) in [5.74, 6) is 0.908. The Kier molecular flexibility index (Phi) is 3.51. The van der Waals surface area contributed by atoms with Gasteiger partial charge in [0.25, 0.3) is 0 Å². The van der Waals surface area contributed by atoms with Crippen molar-refractivity contribution in [1.82, 2.24) is 19.1 Å². The van der Waals surface area contributed by atoms with Gasteiger partial charge in [0.1, 0.15) is 5.82 Å². The molecule has 0 aromatic carbocycles. The van der Waals surface area contributed by atoms with E-state index in [2.05, 4.69) is 26.7 Å². The van der Waals surface area contributed by atoms with Gasteiger partial charge < -0.3 is 5.32 Å². The number of anilines is 1. The first-order valence-electron chi connectivity index (χ1n) is 5.33. The molecule has 0 aliphatic rings. The van der Waals surface area contributed by atoms with E-state index in [1.165, 1.54) is 11.5 Å². The van der Waals surface area contributed by atoms with Crippen LogP contribution in [0.5, 0.6) is 0 Å². The van der Waals surface area contributed by atoms with E-state index in [0.717, 1.165) is 36.0 Å². The van der Waals surface area contributed by atoms with Crippen molar-refractivity contribution in [3.63, 3.8) is 0 Å². The second kappa shape index (κ2) is 5.07. The minimum atomic E-state index is 0.843. The summed E-state index contributed by atoms with van der Waals surface area (Å²) in [5, 5.41) is 8.46. The zero-order chi connectivity index (χ0) is 11.4.